The zero-order chi connectivity index (χ0) is 18.5. The molecule has 0 spiro atoms. The topological polar surface area (TPSA) is 66.3 Å². The molecule has 1 aromatic heterocycles. The molecule has 1 N–H and O–H groups in total. The molecule has 1 aliphatic carbocycles. The predicted octanol–water partition coefficient (Wildman–Crippen LogP) is 4.50. The first kappa shape index (κ1) is 16.4. The molecule has 2 aromatic carbocycles. The van der Waals surface area contributed by atoms with Crippen LogP contribution in [-0.2, 0) is 6.54 Å². The van der Waals surface area contributed by atoms with Gasteiger partial charge in [0.2, 0.25) is 0 Å². The molecule has 5 heteroatoms. The third-order valence-electron chi connectivity index (χ3n) is 6.15. The van der Waals surface area contributed by atoms with E-state index in [1.165, 1.54) is 31.2 Å². The average Bonchev–Trinajstić information content (AvgIpc) is 3.37. The van der Waals surface area contributed by atoms with Crippen LogP contribution in [0.4, 0.5) is 0 Å². The van der Waals surface area contributed by atoms with Crippen LogP contribution in [0.15, 0.2) is 45.6 Å². The molecule has 5 nitrogen and oxygen atoms in total. The molecule has 0 bridgehead atoms. The number of rotatable bonds is 3. The van der Waals surface area contributed by atoms with E-state index in [-0.39, 0.29) is 11.9 Å². The molecule has 3 aromatic rings. The lowest BCUT2D eigenvalue weighted by molar-refractivity contribution is 0.0723. The van der Waals surface area contributed by atoms with Crippen LogP contribution < -0.4 is 5.76 Å². The van der Waals surface area contributed by atoms with Gasteiger partial charge < -0.3 is 9.32 Å². The molecule has 0 radical (unpaired) electrons. The Balaban J connectivity index is 1.44. The van der Waals surface area contributed by atoms with Crippen molar-refractivity contribution in [3.05, 3.63) is 69.2 Å². The first-order chi connectivity index (χ1) is 13.1. The molecular formula is C22H22N2O3. The minimum Gasteiger partial charge on any atom is -0.408 e. The molecule has 0 unspecified atom stereocenters. The Morgan fingerprint density at radius 1 is 1.11 bits per heavy atom. The third-order valence-corrected chi connectivity index (χ3v) is 6.15. The summed E-state index contributed by atoms with van der Waals surface area (Å²) in [4.78, 5) is 28.8. The zero-order valence-electron chi connectivity index (χ0n) is 15.3. The van der Waals surface area contributed by atoms with Gasteiger partial charge in [-0.15, -0.1) is 0 Å². The van der Waals surface area contributed by atoms with E-state index in [1.54, 1.807) is 0 Å². The second kappa shape index (κ2) is 6.12. The van der Waals surface area contributed by atoms with Crippen molar-refractivity contribution in [2.24, 2.45) is 0 Å². The van der Waals surface area contributed by atoms with Gasteiger partial charge in [0.05, 0.1) is 11.6 Å². The van der Waals surface area contributed by atoms with Crippen LogP contribution in [0.25, 0.3) is 11.1 Å². The molecule has 2 aliphatic rings. The molecule has 1 aliphatic heterocycles. The van der Waals surface area contributed by atoms with Crippen molar-refractivity contribution >= 4 is 17.0 Å². The molecule has 1 fully saturated rings. The van der Waals surface area contributed by atoms with Crippen LogP contribution in [0.1, 0.15) is 71.6 Å². The highest BCUT2D eigenvalue weighted by Gasteiger charge is 2.34. The van der Waals surface area contributed by atoms with Crippen LogP contribution in [-0.4, -0.2) is 15.8 Å². The smallest absolute Gasteiger partial charge is 0.408 e. The second-order valence-electron chi connectivity index (χ2n) is 7.78. The summed E-state index contributed by atoms with van der Waals surface area (Å²) in [5, 5.41) is 0. The van der Waals surface area contributed by atoms with Gasteiger partial charge in [-0.3, -0.25) is 9.78 Å². The number of aromatic nitrogens is 1. The van der Waals surface area contributed by atoms with Gasteiger partial charge in [0.15, 0.2) is 5.58 Å². The van der Waals surface area contributed by atoms with Crippen molar-refractivity contribution in [3.8, 4) is 0 Å². The molecule has 27 heavy (non-hydrogen) atoms. The van der Waals surface area contributed by atoms with Crippen molar-refractivity contribution in [3.63, 3.8) is 0 Å². The Labute approximate surface area is 157 Å². The van der Waals surface area contributed by atoms with Gasteiger partial charge in [-0.25, -0.2) is 4.79 Å². The Kier molecular flexibility index (Phi) is 3.71. The summed E-state index contributed by atoms with van der Waals surface area (Å²) in [6, 6.07) is 12.0. The molecule has 0 saturated heterocycles. The van der Waals surface area contributed by atoms with Crippen LogP contribution in [0, 0.1) is 0 Å². The first-order valence-corrected chi connectivity index (χ1v) is 9.67. The lowest BCUT2D eigenvalue weighted by Gasteiger charge is -2.22. The summed E-state index contributed by atoms with van der Waals surface area (Å²) in [7, 11) is 0. The molecule has 2 heterocycles. The van der Waals surface area contributed by atoms with Gasteiger partial charge >= 0.3 is 5.76 Å². The maximum Gasteiger partial charge on any atom is 0.417 e. The fourth-order valence-electron chi connectivity index (χ4n) is 4.63. The number of amides is 1. The summed E-state index contributed by atoms with van der Waals surface area (Å²) in [6.07, 6.45) is 5.12. The zero-order valence-corrected chi connectivity index (χ0v) is 15.3. The highest BCUT2D eigenvalue weighted by atomic mass is 16.4. The van der Waals surface area contributed by atoms with Crippen LogP contribution >= 0.6 is 0 Å². The summed E-state index contributed by atoms with van der Waals surface area (Å²) in [5.74, 6) is 0.260. The molecular weight excluding hydrogens is 340 g/mol. The standard InChI is InChI=1S/C22H22N2O3/c1-13-18-11-16(15-4-2-3-5-15)7-8-17(18)21(25)24(13)12-14-6-9-19-20(10-14)27-22(26)23-19/h6-11,13,15H,2-5,12H2,1H3,(H,23,26)/t13-/m0/s1. The normalized spacial score (nSPS) is 20.0. The van der Waals surface area contributed by atoms with E-state index >= 15 is 0 Å². The Bertz CT molecular complexity index is 1090. The van der Waals surface area contributed by atoms with Crippen molar-refractivity contribution in [1.82, 2.24) is 9.88 Å². The highest BCUT2D eigenvalue weighted by molar-refractivity contribution is 5.99. The van der Waals surface area contributed by atoms with E-state index < -0.39 is 5.76 Å². The number of carbonyl (C=O) groups is 1. The van der Waals surface area contributed by atoms with Crippen LogP contribution in [0.5, 0.6) is 0 Å². The number of fused-ring (bicyclic) bond motifs is 2. The summed E-state index contributed by atoms with van der Waals surface area (Å²) >= 11 is 0. The van der Waals surface area contributed by atoms with Crippen molar-refractivity contribution in [1.29, 1.82) is 0 Å². The number of benzene rings is 2. The fraction of sp³-hybridized carbons (Fsp3) is 0.364. The maximum absolute atomic E-state index is 13.0. The minimum absolute atomic E-state index is 0.0442. The van der Waals surface area contributed by atoms with Crippen molar-refractivity contribution in [2.75, 3.05) is 0 Å². The number of hydrogen-bond acceptors (Lipinski definition) is 3. The van der Waals surface area contributed by atoms with Gasteiger partial charge in [0, 0.05) is 12.1 Å². The number of carbonyl (C=O) groups excluding carboxylic acids is 1. The fourth-order valence-corrected chi connectivity index (χ4v) is 4.63. The van der Waals surface area contributed by atoms with E-state index in [0.717, 1.165) is 16.7 Å². The minimum atomic E-state index is -0.459. The number of aromatic amines is 1. The average molecular weight is 362 g/mol. The van der Waals surface area contributed by atoms with E-state index in [2.05, 4.69) is 24.0 Å². The Morgan fingerprint density at radius 3 is 2.74 bits per heavy atom. The second-order valence-corrected chi connectivity index (χ2v) is 7.78. The Hall–Kier alpha value is -2.82. The maximum atomic E-state index is 13.0. The molecule has 5 rings (SSSR count). The van der Waals surface area contributed by atoms with Gasteiger partial charge in [-0.1, -0.05) is 31.0 Å². The Morgan fingerprint density at radius 2 is 1.93 bits per heavy atom. The predicted molar refractivity (Wildman–Crippen MR) is 103 cm³/mol. The van der Waals surface area contributed by atoms with Crippen LogP contribution in [0.2, 0.25) is 0 Å². The largest absolute Gasteiger partial charge is 0.417 e. The van der Waals surface area contributed by atoms with Crippen molar-refractivity contribution in [2.45, 2.75) is 51.1 Å². The highest BCUT2D eigenvalue weighted by Crippen LogP contribution is 2.40. The molecule has 1 atom stereocenters. The number of nitrogens with one attached hydrogen (secondary N) is 1. The lowest BCUT2D eigenvalue weighted by Crippen LogP contribution is -2.26. The number of hydrogen-bond donors (Lipinski definition) is 1. The summed E-state index contributed by atoms with van der Waals surface area (Å²) < 4.78 is 5.15. The van der Waals surface area contributed by atoms with E-state index in [1.807, 2.05) is 29.2 Å². The monoisotopic (exact) mass is 362 g/mol. The third kappa shape index (κ3) is 2.69. The molecule has 138 valence electrons. The van der Waals surface area contributed by atoms with E-state index in [9.17, 15) is 9.59 Å². The summed E-state index contributed by atoms with van der Waals surface area (Å²) in [6.45, 7) is 2.59. The first-order valence-electron chi connectivity index (χ1n) is 9.67. The molecule has 1 amide bonds. The van der Waals surface area contributed by atoms with Gasteiger partial charge in [0.25, 0.3) is 5.91 Å². The summed E-state index contributed by atoms with van der Waals surface area (Å²) in [5.41, 5.74) is 5.49. The number of nitrogens with zero attached hydrogens (tertiary/aromatic N) is 1. The van der Waals surface area contributed by atoms with Gasteiger partial charge in [-0.05, 0) is 60.6 Å². The number of oxazole rings is 1. The van der Waals surface area contributed by atoms with E-state index in [0.29, 0.717) is 23.6 Å². The SMILES string of the molecule is C[C@H]1c2cc(C3CCCC3)ccc2C(=O)N1Cc1ccc2[nH]c(=O)oc2c1. The lowest BCUT2D eigenvalue weighted by atomic mass is 9.93. The van der Waals surface area contributed by atoms with Gasteiger partial charge in [-0.2, -0.15) is 0 Å². The van der Waals surface area contributed by atoms with Gasteiger partial charge in [0.1, 0.15) is 0 Å². The van der Waals surface area contributed by atoms with E-state index in [4.69, 9.17) is 4.42 Å². The van der Waals surface area contributed by atoms with Crippen molar-refractivity contribution < 1.29 is 9.21 Å². The quantitative estimate of drug-likeness (QED) is 0.746. The number of H-pyrrole nitrogens is 1. The molecule has 1 saturated carbocycles. The van der Waals surface area contributed by atoms with Crippen LogP contribution in [0.3, 0.4) is 0 Å².